The number of methoxy groups -OCH3 is 1. The quantitative estimate of drug-likeness (QED) is 0.784. The van der Waals surface area contributed by atoms with E-state index in [1.54, 1.807) is 41.3 Å². The summed E-state index contributed by atoms with van der Waals surface area (Å²) in [7, 11) is 1.45. The highest BCUT2D eigenvalue weighted by molar-refractivity contribution is 5.99. The Morgan fingerprint density at radius 3 is 2.69 bits per heavy atom. The lowest BCUT2D eigenvalue weighted by molar-refractivity contribution is 0.0737. The van der Waals surface area contributed by atoms with Crippen molar-refractivity contribution in [3.63, 3.8) is 0 Å². The Kier molecular flexibility index (Phi) is 3.68. The van der Waals surface area contributed by atoms with Crippen LogP contribution in [0.4, 0.5) is 0 Å². The molecule has 0 saturated carbocycles. The van der Waals surface area contributed by atoms with E-state index in [1.165, 1.54) is 13.2 Å². The lowest BCUT2D eigenvalue weighted by Crippen LogP contribution is -2.29. The molecule has 1 N–H and O–H groups in total. The second-order valence-electron chi connectivity index (χ2n) is 6.10. The van der Waals surface area contributed by atoms with Gasteiger partial charge in [-0.2, -0.15) is 0 Å². The van der Waals surface area contributed by atoms with Crippen LogP contribution in [0.25, 0.3) is 11.0 Å². The van der Waals surface area contributed by atoms with E-state index >= 15 is 0 Å². The Morgan fingerprint density at radius 1 is 1.19 bits per heavy atom. The Morgan fingerprint density at radius 2 is 1.96 bits per heavy atom. The van der Waals surface area contributed by atoms with Gasteiger partial charge in [0.25, 0.3) is 5.91 Å². The van der Waals surface area contributed by atoms with Gasteiger partial charge in [-0.15, -0.1) is 0 Å². The Balaban J connectivity index is 2.01. The maximum absolute atomic E-state index is 13.1. The minimum atomic E-state index is -0.585. The Hall–Kier alpha value is -3.28. The summed E-state index contributed by atoms with van der Waals surface area (Å²) < 4.78 is 11.0. The molecule has 1 amide bonds. The van der Waals surface area contributed by atoms with Crippen molar-refractivity contribution in [3.05, 3.63) is 69.6 Å². The number of benzene rings is 2. The van der Waals surface area contributed by atoms with Crippen molar-refractivity contribution in [3.8, 4) is 11.5 Å². The van der Waals surface area contributed by atoms with Crippen LogP contribution < -0.4 is 10.2 Å². The highest BCUT2D eigenvalue weighted by Gasteiger charge is 2.42. The molecule has 132 valence electrons. The molecule has 0 bridgehead atoms. The zero-order valence-electron chi connectivity index (χ0n) is 14.4. The molecule has 3 aromatic rings. The molecule has 0 unspecified atom stereocenters. The summed E-state index contributed by atoms with van der Waals surface area (Å²) in [4.78, 5) is 27.5. The van der Waals surface area contributed by atoms with Gasteiger partial charge in [0.2, 0.25) is 5.76 Å². The van der Waals surface area contributed by atoms with E-state index in [0.29, 0.717) is 28.6 Å². The molecule has 0 aliphatic carbocycles. The summed E-state index contributed by atoms with van der Waals surface area (Å²) in [6, 6.07) is 11.1. The monoisotopic (exact) mass is 351 g/mol. The SMILES string of the molecule is CCN1C(=O)c2oc3ccccc3c(=O)c2[C@H]1c1ccc(O)c(OC)c1. The maximum Gasteiger partial charge on any atom is 0.290 e. The fourth-order valence-corrected chi connectivity index (χ4v) is 3.50. The second-order valence-corrected chi connectivity index (χ2v) is 6.10. The molecule has 1 aliphatic heterocycles. The minimum absolute atomic E-state index is 0.00519. The first-order valence-corrected chi connectivity index (χ1v) is 8.30. The second kappa shape index (κ2) is 5.91. The number of ether oxygens (including phenoxy) is 1. The van der Waals surface area contributed by atoms with Crippen molar-refractivity contribution in [2.45, 2.75) is 13.0 Å². The number of carbonyl (C=O) groups excluding carboxylic acids is 1. The molecule has 6 nitrogen and oxygen atoms in total. The largest absolute Gasteiger partial charge is 0.504 e. The summed E-state index contributed by atoms with van der Waals surface area (Å²) in [5.41, 5.74) is 1.17. The summed E-state index contributed by atoms with van der Waals surface area (Å²) in [5.74, 6) is 0.0361. The molecule has 1 aromatic heterocycles. The summed E-state index contributed by atoms with van der Waals surface area (Å²) in [5, 5.41) is 10.3. The average molecular weight is 351 g/mol. The van der Waals surface area contributed by atoms with Crippen LogP contribution in [-0.2, 0) is 0 Å². The zero-order chi connectivity index (χ0) is 18.4. The standard InChI is InChI=1S/C20H17NO5/c1-3-21-17(11-8-9-13(22)15(10-11)25-2)16-18(23)12-6-4-5-7-14(12)26-19(16)20(21)24/h4-10,17,22H,3H2,1-2H3/t17-/m1/s1. The molecule has 6 heteroatoms. The number of aromatic hydroxyl groups is 1. The molecule has 0 spiro atoms. The summed E-state index contributed by atoms with van der Waals surface area (Å²) in [6.07, 6.45) is 0. The van der Waals surface area contributed by atoms with E-state index in [4.69, 9.17) is 9.15 Å². The zero-order valence-corrected chi connectivity index (χ0v) is 14.4. The molecule has 26 heavy (non-hydrogen) atoms. The van der Waals surface area contributed by atoms with Gasteiger partial charge in [-0.1, -0.05) is 18.2 Å². The lowest BCUT2D eigenvalue weighted by atomic mass is 9.98. The van der Waals surface area contributed by atoms with Crippen LogP contribution in [-0.4, -0.2) is 29.6 Å². The molecule has 0 fully saturated rings. The first-order chi connectivity index (χ1) is 12.6. The Labute approximate surface area is 149 Å². The fourth-order valence-electron chi connectivity index (χ4n) is 3.50. The summed E-state index contributed by atoms with van der Waals surface area (Å²) in [6.45, 7) is 2.26. The van der Waals surface area contributed by atoms with Gasteiger partial charge in [0, 0.05) is 6.54 Å². The number of phenols is 1. The normalized spacial score (nSPS) is 16.2. The van der Waals surface area contributed by atoms with Gasteiger partial charge in [0.05, 0.1) is 24.1 Å². The third-order valence-electron chi connectivity index (χ3n) is 4.73. The molecule has 1 aliphatic rings. The third-order valence-corrected chi connectivity index (χ3v) is 4.73. The summed E-state index contributed by atoms with van der Waals surface area (Å²) >= 11 is 0. The van der Waals surface area contributed by atoms with Crippen LogP contribution in [0.1, 0.15) is 34.6 Å². The van der Waals surface area contributed by atoms with E-state index in [2.05, 4.69) is 0 Å². The predicted octanol–water partition coefficient (Wildman–Crippen LogP) is 3.07. The van der Waals surface area contributed by atoms with E-state index in [1.807, 2.05) is 6.92 Å². The maximum atomic E-state index is 13.1. The van der Waals surface area contributed by atoms with E-state index in [9.17, 15) is 14.7 Å². The van der Waals surface area contributed by atoms with Gasteiger partial charge in [-0.3, -0.25) is 9.59 Å². The van der Waals surface area contributed by atoms with E-state index < -0.39 is 6.04 Å². The van der Waals surface area contributed by atoms with Gasteiger partial charge in [0.1, 0.15) is 5.58 Å². The van der Waals surface area contributed by atoms with Gasteiger partial charge in [-0.05, 0) is 36.8 Å². The first kappa shape index (κ1) is 16.2. The van der Waals surface area contributed by atoms with Gasteiger partial charge in [0.15, 0.2) is 16.9 Å². The van der Waals surface area contributed by atoms with Gasteiger partial charge < -0.3 is 19.2 Å². The molecule has 4 rings (SSSR count). The molecule has 2 heterocycles. The third kappa shape index (κ3) is 2.19. The van der Waals surface area contributed by atoms with E-state index in [0.717, 1.165) is 0 Å². The molecule has 0 saturated heterocycles. The van der Waals surface area contributed by atoms with Gasteiger partial charge in [-0.25, -0.2) is 0 Å². The molecular formula is C20H17NO5. The van der Waals surface area contributed by atoms with Crippen molar-refractivity contribution in [2.24, 2.45) is 0 Å². The number of amides is 1. The minimum Gasteiger partial charge on any atom is -0.504 e. The highest BCUT2D eigenvalue weighted by atomic mass is 16.5. The van der Waals surface area contributed by atoms with Crippen molar-refractivity contribution in [1.82, 2.24) is 4.90 Å². The van der Waals surface area contributed by atoms with Crippen molar-refractivity contribution < 1.29 is 19.1 Å². The predicted molar refractivity (Wildman–Crippen MR) is 95.7 cm³/mol. The van der Waals surface area contributed by atoms with Crippen LogP contribution >= 0.6 is 0 Å². The lowest BCUT2D eigenvalue weighted by Gasteiger charge is -2.24. The van der Waals surface area contributed by atoms with Crippen molar-refractivity contribution >= 4 is 16.9 Å². The number of nitrogens with zero attached hydrogens (tertiary/aromatic N) is 1. The Bertz CT molecular complexity index is 1090. The topological polar surface area (TPSA) is 80.0 Å². The highest BCUT2D eigenvalue weighted by Crippen LogP contribution is 2.40. The van der Waals surface area contributed by atoms with Crippen LogP contribution in [0.15, 0.2) is 51.7 Å². The van der Waals surface area contributed by atoms with Gasteiger partial charge >= 0.3 is 0 Å². The van der Waals surface area contributed by atoms with Crippen LogP contribution in [0.3, 0.4) is 0 Å². The number of para-hydroxylation sites is 1. The molecule has 2 aromatic carbocycles. The van der Waals surface area contributed by atoms with Crippen molar-refractivity contribution in [2.75, 3.05) is 13.7 Å². The first-order valence-electron chi connectivity index (χ1n) is 8.30. The van der Waals surface area contributed by atoms with E-state index in [-0.39, 0.29) is 28.6 Å². The molecule has 0 radical (unpaired) electrons. The van der Waals surface area contributed by atoms with Crippen LogP contribution in [0.2, 0.25) is 0 Å². The molecule has 1 atom stereocenters. The smallest absolute Gasteiger partial charge is 0.290 e. The number of hydrogen-bond donors (Lipinski definition) is 1. The number of carbonyl (C=O) groups is 1. The number of hydrogen-bond acceptors (Lipinski definition) is 5. The average Bonchev–Trinajstić information content (AvgIpc) is 2.94. The number of fused-ring (bicyclic) bond motifs is 2. The number of phenolic OH excluding ortho intramolecular Hbond substituents is 1. The van der Waals surface area contributed by atoms with Crippen molar-refractivity contribution in [1.29, 1.82) is 0 Å². The molecular weight excluding hydrogens is 334 g/mol. The van der Waals surface area contributed by atoms with Crippen LogP contribution in [0.5, 0.6) is 11.5 Å². The fraction of sp³-hybridized carbons (Fsp3) is 0.200. The van der Waals surface area contributed by atoms with Crippen LogP contribution in [0, 0.1) is 0 Å². The number of rotatable bonds is 3.